The fourth-order valence-electron chi connectivity index (χ4n) is 5.50. The Morgan fingerprint density at radius 1 is 1.14 bits per heavy atom. The number of ether oxygens (including phenoxy) is 1. The van der Waals surface area contributed by atoms with E-state index in [1.54, 1.807) is 12.1 Å². The van der Waals surface area contributed by atoms with Crippen molar-refractivity contribution >= 4 is 46.1 Å². The normalized spacial score (nSPS) is 21.3. The molecule has 0 unspecified atom stereocenters. The lowest BCUT2D eigenvalue weighted by Gasteiger charge is -2.46. The molecule has 3 aromatic rings. The van der Waals surface area contributed by atoms with Crippen molar-refractivity contribution in [3.8, 4) is 0 Å². The molecule has 2 aliphatic rings. The van der Waals surface area contributed by atoms with E-state index in [0.717, 1.165) is 36.7 Å². The Balaban J connectivity index is 1.32. The number of carbonyl (C=O) groups excluding carboxylic acids is 3. The van der Waals surface area contributed by atoms with Crippen LogP contribution in [-0.4, -0.2) is 50.9 Å². The number of imidazole rings is 1. The molecule has 1 spiro atoms. The second-order valence-corrected chi connectivity index (χ2v) is 12.4. The fourth-order valence-corrected chi connectivity index (χ4v) is 6.37. The van der Waals surface area contributed by atoms with Crippen LogP contribution < -0.4 is 5.32 Å². The number of likely N-dealkylation sites (tertiary alicyclic amines) is 1. The van der Waals surface area contributed by atoms with Gasteiger partial charge in [-0.05, 0) is 76.1 Å². The minimum Gasteiger partial charge on any atom is -0.444 e. The molecule has 1 saturated heterocycles. The predicted octanol–water partition coefficient (Wildman–Crippen LogP) is 6.30. The number of rotatable bonds is 6. The van der Waals surface area contributed by atoms with Crippen molar-refractivity contribution < 1.29 is 19.1 Å². The summed E-state index contributed by atoms with van der Waals surface area (Å²) in [6.07, 6.45) is 3.77. The monoisotopic (exact) mass is 522 g/mol. The molecule has 1 N–H and O–H groups in total. The van der Waals surface area contributed by atoms with Gasteiger partial charge in [0.15, 0.2) is 5.78 Å². The van der Waals surface area contributed by atoms with Crippen LogP contribution in [0.1, 0.15) is 85.2 Å². The van der Waals surface area contributed by atoms with Crippen LogP contribution in [0.4, 0.5) is 10.7 Å². The van der Waals surface area contributed by atoms with Crippen molar-refractivity contribution in [1.82, 2.24) is 14.5 Å². The average Bonchev–Trinajstić information content (AvgIpc) is 3.54. The highest BCUT2D eigenvalue weighted by atomic mass is 32.1. The molecule has 0 atom stereocenters. The molecule has 0 bridgehead atoms. The number of aromatic nitrogens is 2. The molecule has 1 aliphatic heterocycles. The molecule has 2 amide bonds. The lowest BCUT2D eigenvalue weighted by molar-refractivity contribution is 0.0199. The van der Waals surface area contributed by atoms with Crippen molar-refractivity contribution in [3.63, 3.8) is 0 Å². The van der Waals surface area contributed by atoms with Crippen LogP contribution in [0.15, 0.2) is 36.4 Å². The third kappa shape index (κ3) is 5.14. The molecule has 2 aromatic heterocycles. The van der Waals surface area contributed by atoms with Crippen LogP contribution in [0, 0.1) is 5.41 Å². The first-order valence-corrected chi connectivity index (χ1v) is 13.8. The standard InChI is InChI=1S/C28H34N4O4S/c1-5-8-21(33)22-11-12-23(37-22)24(34)30-25-29-19-9-6-7-10-20(19)32(25)18-15-28(16-18)13-14-31(17-28)26(35)36-27(2,3)4/h6-7,9-12,18H,5,8,13-17H2,1-4H3,(H,29,30,34). The van der Waals surface area contributed by atoms with Crippen molar-refractivity contribution in [2.24, 2.45) is 5.41 Å². The highest BCUT2D eigenvalue weighted by molar-refractivity contribution is 7.16. The highest BCUT2D eigenvalue weighted by Gasteiger charge is 2.51. The molecule has 1 aromatic carbocycles. The Hall–Kier alpha value is -3.20. The number of hydrogen-bond donors (Lipinski definition) is 1. The van der Waals surface area contributed by atoms with Crippen LogP contribution in [0.2, 0.25) is 0 Å². The third-order valence-corrected chi connectivity index (χ3v) is 8.32. The number of nitrogens with one attached hydrogen (secondary N) is 1. The molecule has 3 heterocycles. The number of anilines is 1. The molecular weight excluding hydrogens is 488 g/mol. The molecule has 196 valence electrons. The lowest BCUT2D eigenvalue weighted by Crippen LogP contribution is -2.43. The molecule has 8 nitrogen and oxygen atoms in total. The Morgan fingerprint density at radius 2 is 1.86 bits per heavy atom. The van der Waals surface area contributed by atoms with Gasteiger partial charge in [-0.2, -0.15) is 0 Å². The molecule has 2 fully saturated rings. The topological polar surface area (TPSA) is 93.5 Å². The summed E-state index contributed by atoms with van der Waals surface area (Å²) in [7, 11) is 0. The molecular formula is C28H34N4O4S. The maximum absolute atomic E-state index is 13.1. The van der Waals surface area contributed by atoms with Crippen LogP contribution in [0.25, 0.3) is 11.0 Å². The van der Waals surface area contributed by atoms with Gasteiger partial charge in [-0.3, -0.25) is 14.9 Å². The van der Waals surface area contributed by atoms with Gasteiger partial charge in [-0.25, -0.2) is 9.78 Å². The number of thiophene rings is 1. The van der Waals surface area contributed by atoms with Gasteiger partial charge in [-0.1, -0.05) is 19.1 Å². The number of ketones is 1. The van der Waals surface area contributed by atoms with E-state index in [1.165, 1.54) is 11.3 Å². The summed E-state index contributed by atoms with van der Waals surface area (Å²) in [4.78, 5) is 45.6. The van der Waals surface area contributed by atoms with Crippen molar-refractivity contribution in [2.75, 3.05) is 18.4 Å². The minimum absolute atomic E-state index is 0.0653. The van der Waals surface area contributed by atoms with E-state index < -0.39 is 5.60 Å². The predicted molar refractivity (Wildman–Crippen MR) is 144 cm³/mol. The number of fused-ring (bicyclic) bond motifs is 1. The van der Waals surface area contributed by atoms with E-state index in [-0.39, 0.29) is 29.2 Å². The van der Waals surface area contributed by atoms with Gasteiger partial charge >= 0.3 is 6.09 Å². The van der Waals surface area contributed by atoms with E-state index >= 15 is 0 Å². The van der Waals surface area contributed by atoms with Gasteiger partial charge in [0.2, 0.25) is 5.95 Å². The smallest absolute Gasteiger partial charge is 0.410 e. The molecule has 9 heteroatoms. The number of hydrogen-bond acceptors (Lipinski definition) is 6. The number of para-hydroxylation sites is 2. The van der Waals surface area contributed by atoms with E-state index in [0.29, 0.717) is 35.2 Å². The zero-order chi connectivity index (χ0) is 26.4. The van der Waals surface area contributed by atoms with Crippen LogP contribution >= 0.6 is 11.3 Å². The number of nitrogens with zero attached hydrogens (tertiary/aromatic N) is 3. The zero-order valence-corrected chi connectivity index (χ0v) is 22.7. The van der Waals surface area contributed by atoms with Crippen LogP contribution in [-0.2, 0) is 4.74 Å². The maximum atomic E-state index is 13.1. The minimum atomic E-state index is -0.509. The number of amides is 2. The summed E-state index contributed by atoms with van der Waals surface area (Å²) in [6.45, 7) is 9.02. The van der Waals surface area contributed by atoms with Gasteiger partial charge in [0.25, 0.3) is 5.91 Å². The zero-order valence-electron chi connectivity index (χ0n) is 21.9. The van der Waals surface area contributed by atoms with E-state index in [4.69, 9.17) is 9.72 Å². The van der Waals surface area contributed by atoms with Crippen molar-refractivity contribution in [1.29, 1.82) is 0 Å². The molecule has 0 radical (unpaired) electrons. The second kappa shape index (κ2) is 9.59. The first kappa shape index (κ1) is 25.4. The molecule has 1 aliphatic carbocycles. The summed E-state index contributed by atoms with van der Waals surface area (Å²) in [5.74, 6) is 0.321. The van der Waals surface area contributed by atoms with E-state index in [2.05, 4.69) is 9.88 Å². The Morgan fingerprint density at radius 3 is 2.59 bits per heavy atom. The van der Waals surface area contributed by atoms with Gasteiger partial charge in [0.1, 0.15) is 5.60 Å². The quantitative estimate of drug-likeness (QED) is 0.384. The summed E-state index contributed by atoms with van der Waals surface area (Å²) in [5, 5.41) is 3.01. The average molecular weight is 523 g/mol. The van der Waals surface area contributed by atoms with Crippen molar-refractivity contribution in [3.05, 3.63) is 46.2 Å². The summed E-state index contributed by atoms with van der Waals surface area (Å²) < 4.78 is 7.71. The first-order chi connectivity index (χ1) is 17.6. The molecule has 5 rings (SSSR count). The molecule has 37 heavy (non-hydrogen) atoms. The van der Waals surface area contributed by atoms with Crippen LogP contribution in [0.5, 0.6) is 0 Å². The van der Waals surface area contributed by atoms with Crippen LogP contribution in [0.3, 0.4) is 0 Å². The first-order valence-electron chi connectivity index (χ1n) is 13.0. The second-order valence-electron chi connectivity index (χ2n) is 11.3. The van der Waals surface area contributed by atoms with Gasteiger partial charge in [0, 0.05) is 25.6 Å². The SMILES string of the molecule is CCCC(=O)c1ccc(C(=O)Nc2nc3ccccc3n2C2CC3(CCN(C(=O)OC(C)(C)C)C3)C2)s1. The Labute approximate surface area is 221 Å². The van der Waals surface area contributed by atoms with Gasteiger partial charge in [0.05, 0.1) is 20.8 Å². The Bertz CT molecular complexity index is 1350. The largest absolute Gasteiger partial charge is 0.444 e. The maximum Gasteiger partial charge on any atom is 0.410 e. The Kier molecular flexibility index (Phi) is 6.60. The lowest BCUT2D eigenvalue weighted by atomic mass is 9.65. The van der Waals surface area contributed by atoms with Gasteiger partial charge < -0.3 is 14.2 Å². The number of carbonyl (C=O) groups is 3. The summed E-state index contributed by atoms with van der Waals surface area (Å²) in [5.41, 5.74) is 1.36. The molecule has 1 saturated carbocycles. The summed E-state index contributed by atoms with van der Waals surface area (Å²) >= 11 is 1.22. The number of benzene rings is 1. The van der Waals surface area contributed by atoms with E-state index in [1.807, 2.05) is 56.9 Å². The van der Waals surface area contributed by atoms with E-state index in [9.17, 15) is 14.4 Å². The van der Waals surface area contributed by atoms with Crippen molar-refractivity contribution in [2.45, 2.75) is 71.4 Å². The summed E-state index contributed by atoms with van der Waals surface area (Å²) in [6, 6.07) is 11.5. The van der Waals surface area contributed by atoms with Gasteiger partial charge in [-0.15, -0.1) is 11.3 Å². The number of Topliss-reactive ketones (excluding diaryl/α,β-unsaturated/α-hetero) is 1. The fraction of sp³-hybridized carbons (Fsp3) is 0.500. The third-order valence-electron chi connectivity index (χ3n) is 7.20. The highest BCUT2D eigenvalue weighted by Crippen LogP contribution is 2.55.